The molecule has 8 heteroatoms. The van der Waals surface area contributed by atoms with Gasteiger partial charge in [0.15, 0.2) is 0 Å². The van der Waals surface area contributed by atoms with Crippen molar-refractivity contribution in [2.75, 3.05) is 27.7 Å². The van der Waals surface area contributed by atoms with Crippen molar-refractivity contribution < 1.29 is 17.6 Å². The highest BCUT2D eigenvalue weighted by Crippen LogP contribution is 2.22. The van der Waals surface area contributed by atoms with E-state index in [1.165, 1.54) is 25.1 Å². The Morgan fingerprint density at radius 2 is 1.87 bits per heavy atom. The molecule has 1 amide bonds. The summed E-state index contributed by atoms with van der Waals surface area (Å²) in [4.78, 5) is 14.0. The van der Waals surface area contributed by atoms with Crippen LogP contribution in [0.15, 0.2) is 15.6 Å². The van der Waals surface area contributed by atoms with E-state index in [0.717, 1.165) is 4.31 Å². The monoisotopic (exact) mass is 345 g/mol. The Balaban J connectivity index is 2.91. The Morgan fingerprint density at radius 1 is 1.30 bits per heavy atom. The Morgan fingerprint density at radius 3 is 2.35 bits per heavy atom. The predicted octanol–water partition coefficient (Wildman–Crippen LogP) is 1.28. The van der Waals surface area contributed by atoms with Crippen molar-refractivity contribution in [2.45, 2.75) is 38.3 Å². The van der Waals surface area contributed by atoms with Crippen LogP contribution in [0.2, 0.25) is 0 Å². The number of nitrogens with two attached hydrogens (primary N) is 1. The highest BCUT2D eigenvalue weighted by molar-refractivity contribution is 7.88. The zero-order chi connectivity index (χ0) is 17.9. The molecule has 2 N–H and O–H groups in total. The summed E-state index contributed by atoms with van der Waals surface area (Å²) in [5, 5.41) is -0.226. The largest absolute Gasteiger partial charge is 0.448 e. The van der Waals surface area contributed by atoms with E-state index in [4.69, 9.17) is 10.2 Å². The average molecular weight is 345 g/mol. The molecule has 0 spiro atoms. The molecule has 0 aliphatic heterocycles. The molecular weight excluding hydrogens is 318 g/mol. The lowest BCUT2D eigenvalue weighted by Gasteiger charge is -2.21. The van der Waals surface area contributed by atoms with Gasteiger partial charge in [-0.05, 0) is 19.3 Å². The van der Waals surface area contributed by atoms with Crippen molar-refractivity contribution in [3.63, 3.8) is 0 Å². The van der Waals surface area contributed by atoms with Crippen LogP contribution in [0.5, 0.6) is 0 Å². The average Bonchev–Trinajstić information content (AvgIpc) is 2.85. The predicted molar refractivity (Wildman–Crippen MR) is 88.7 cm³/mol. The van der Waals surface area contributed by atoms with Gasteiger partial charge in [-0.25, -0.2) is 12.7 Å². The van der Waals surface area contributed by atoms with E-state index < -0.39 is 10.0 Å². The Labute approximate surface area is 138 Å². The zero-order valence-corrected chi connectivity index (χ0v) is 15.5. The number of nitrogens with zero attached hydrogens (tertiary/aromatic N) is 2. The molecule has 1 aromatic heterocycles. The lowest BCUT2D eigenvalue weighted by Crippen LogP contribution is -2.34. The van der Waals surface area contributed by atoms with Gasteiger partial charge in [0.25, 0.3) is 15.9 Å². The van der Waals surface area contributed by atoms with Crippen LogP contribution in [0.4, 0.5) is 0 Å². The van der Waals surface area contributed by atoms with Crippen LogP contribution in [-0.2, 0) is 10.0 Å². The molecule has 0 saturated heterocycles. The second kappa shape index (κ2) is 7.46. The van der Waals surface area contributed by atoms with Crippen molar-refractivity contribution in [2.24, 2.45) is 11.7 Å². The summed E-state index contributed by atoms with van der Waals surface area (Å²) < 4.78 is 30.5. The minimum atomic E-state index is -3.70. The second-order valence-electron chi connectivity index (χ2n) is 6.25. The summed E-state index contributed by atoms with van der Waals surface area (Å²) in [7, 11) is 0.791. The van der Waals surface area contributed by atoms with E-state index in [1.54, 1.807) is 14.0 Å². The number of rotatable bonds is 7. The molecule has 0 bridgehead atoms. The molecule has 0 fully saturated rings. The Bertz CT molecular complexity index is 650. The lowest BCUT2D eigenvalue weighted by atomic mass is 10.0. The first kappa shape index (κ1) is 19.7. The molecular formula is C15H27N3O4S. The van der Waals surface area contributed by atoms with E-state index in [0.29, 0.717) is 18.9 Å². The first-order chi connectivity index (χ1) is 10.5. The highest BCUT2D eigenvalue weighted by atomic mass is 32.2. The summed E-state index contributed by atoms with van der Waals surface area (Å²) in [6.45, 7) is 6.14. The third-order valence-corrected chi connectivity index (χ3v) is 5.53. The SMILES string of the molecule is Cc1oc(S(=O)(=O)N(C)C)cc1C(=O)N(C)CCC(N)C(C)C. The van der Waals surface area contributed by atoms with Gasteiger partial charge in [0.1, 0.15) is 5.76 Å². The second-order valence-corrected chi connectivity index (χ2v) is 8.33. The molecule has 0 radical (unpaired) electrons. The van der Waals surface area contributed by atoms with Crippen molar-refractivity contribution in [3.05, 3.63) is 17.4 Å². The van der Waals surface area contributed by atoms with Crippen molar-refractivity contribution in [3.8, 4) is 0 Å². The van der Waals surface area contributed by atoms with E-state index >= 15 is 0 Å². The minimum Gasteiger partial charge on any atom is -0.448 e. The molecule has 1 unspecified atom stereocenters. The normalized spacial score (nSPS) is 13.6. The van der Waals surface area contributed by atoms with Crippen molar-refractivity contribution in [1.82, 2.24) is 9.21 Å². The number of hydrogen-bond donors (Lipinski definition) is 1. The van der Waals surface area contributed by atoms with Crippen LogP contribution >= 0.6 is 0 Å². The topological polar surface area (TPSA) is 96.8 Å². The summed E-state index contributed by atoms with van der Waals surface area (Å²) in [6, 6.07) is 1.30. The van der Waals surface area contributed by atoms with E-state index in [1.807, 2.05) is 13.8 Å². The van der Waals surface area contributed by atoms with Gasteiger partial charge in [0, 0.05) is 39.8 Å². The lowest BCUT2D eigenvalue weighted by molar-refractivity contribution is 0.0787. The van der Waals surface area contributed by atoms with Crippen LogP contribution in [0.25, 0.3) is 0 Å². The number of carbonyl (C=O) groups excluding carboxylic acids is 1. The number of furan rings is 1. The van der Waals surface area contributed by atoms with E-state index in [9.17, 15) is 13.2 Å². The standard InChI is InChI=1S/C15H27N3O4S/c1-10(2)13(16)7-8-18(6)15(19)12-9-14(22-11(12)3)23(20,21)17(4)5/h9-10,13H,7-8,16H2,1-6H3. The van der Waals surface area contributed by atoms with Gasteiger partial charge in [-0.15, -0.1) is 0 Å². The highest BCUT2D eigenvalue weighted by Gasteiger charge is 2.27. The zero-order valence-electron chi connectivity index (χ0n) is 14.7. The van der Waals surface area contributed by atoms with Gasteiger partial charge in [-0.3, -0.25) is 4.79 Å². The van der Waals surface area contributed by atoms with Crippen LogP contribution in [0, 0.1) is 12.8 Å². The summed E-state index contributed by atoms with van der Waals surface area (Å²) in [6.07, 6.45) is 0.680. The molecule has 0 aliphatic carbocycles. The van der Waals surface area contributed by atoms with Crippen LogP contribution < -0.4 is 5.73 Å². The molecule has 1 heterocycles. The fraction of sp³-hybridized carbons (Fsp3) is 0.667. The molecule has 1 aromatic rings. The maximum Gasteiger partial charge on any atom is 0.275 e. The molecule has 132 valence electrons. The minimum absolute atomic E-state index is 0.0142. The fourth-order valence-electron chi connectivity index (χ4n) is 1.96. The molecule has 0 saturated carbocycles. The summed E-state index contributed by atoms with van der Waals surface area (Å²) >= 11 is 0. The molecule has 1 atom stereocenters. The quantitative estimate of drug-likeness (QED) is 0.803. The van der Waals surface area contributed by atoms with Crippen molar-refractivity contribution in [1.29, 1.82) is 0 Å². The number of hydrogen-bond acceptors (Lipinski definition) is 5. The summed E-state index contributed by atoms with van der Waals surface area (Å²) in [5.41, 5.74) is 6.24. The third kappa shape index (κ3) is 4.55. The van der Waals surface area contributed by atoms with Gasteiger partial charge in [-0.1, -0.05) is 13.8 Å². The molecule has 23 heavy (non-hydrogen) atoms. The van der Waals surface area contributed by atoms with Gasteiger partial charge in [-0.2, -0.15) is 0 Å². The first-order valence-corrected chi connectivity index (χ1v) is 8.96. The number of carbonyl (C=O) groups is 1. The van der Waals surface area contributed by atoms with Gasteiger partial charge in [0.2, 0.25) is 5.09 Å². The van der Waals surface area contributed by atoms with E-state index in [2.05, 4.69) is 0 Å². The molecule has 1 rings (SSSR count). The third-order valence-electron chi connectivity index (χ3n) is 3.86. The van der Waals surface area contributed by atoms with Gasteiger partial charge < -0.3 is 15.1 Å². The fourth-order valence-corrected chi connectivity index (χ4v) is 2.81. The smallest absolute Gasteiger partial charge is 0.275 e. The Hall–Kier alpha value is -1.38. The summed E-state index contributed by atoms with van der Waals surface area (Å²) in [5.74, 6) is 0.351. The van der Waals surface area contributed by atoms with Crippen LogP contribution in [-0.4, -0.2) is 57.3 Å². The van der Waals surface area contributed by atoms with E-state index in [-0.39, 0.29) is 28.4 Å². The van der Waals surface area contributed by atoms with Crippen LogP contribution in [0.1, 0.15) is 36.4 Å². The maximum absolute atomic E-state index is 12.5. The number of amides is 1. The Kier molecular flexibility index (Phi) is 6.38. The van der Waals surface area contributed by atoms with Crippen molar-refractivity contribution >= 4 is 15.9 Å². The van der Waals surface area contributed by atoms with Crippen LogP contribution in [0.3, 0.4) is 0 Å². The first-order valence-electron chi connectivity index (χ1n) is 7.52. The molecule has 7 nitrogen and oxygen atoms in total. The number of aryl methyl sites for hydroxylation is 1. The van der Waals surface area contributed by atoms with Gasteiger partial charge in [0.05, 0.1) is 5.56 Å². The van der Waals surface area contributed by atoms with Gasteiger partial charge >= 0.3 is 0 Å². The molecule has 0 aliphatic rings. The number of sulfonamides is 1. The molecule has 0 aromatic carbocycles. The maximum atomic E-state index is 12.5.